The summed E-state index contributed by atoms with van der Waals surface area (Å²) in [4.78, 5) is 9.06. The summed E-state index contributed by atoms with van der Waals surface area (Å²) < 4.78 is 6.45. The highest BCUT2D eigenvalue weighted by molar-refractivity contribution is 7.80. The molecule has 6 rings (SSSR count). The van der Waals surface area contributed by atoms with Gasteiger partial charge in [-0.3, -0.25) is 4.98 Å². The number of nitrogens with zero attached hydrogens (tertiary/aromatic N) is 3. The second-order valence-electron chi connectivity index (χ2n) is 10.1. The Balaban J connectivity index is 1.38. The fourth-order valence-corrected chi connectivity index (χ4v) is 6.56. The van der Waals surface area contributed by atoms with Gasteiger partial charge in [-0.15, -0.1) is 0 Å². The van der Waals surface area contributed by atoms with Gasteiger partial charge in [0.25, 0.3) is 0 Å². The minimum atomic E-state index is -0.301. The molecule has 0 saturated carbocycles. The van der Waals surface area contributed by atoms with Crippen LogP contribution >= 0.6 is 47.0 Å². The number of thiocarbonyl (C=S) groups is 1. The van der Waals surface area contributed by atoms with Crippen LogP contribution in [-0.2, 0) is 0 Å². The summed E-state index contributed by atoms with van der Waals surface area (Å²) in [5.74, 6) is 2.12. The van der Waals surface area contributed by atoms with Crippen molar-refractivity contribution in [2.24, 2.45) is 5.92 Å². The molecule has 0 spiro atoms. The molecular weight excluding hydrogens is 571 g/mol. The first-order chi connectivity index (χ1) is 18.9. The topological polar surface area (TPSA) is 44.5 Å². The van der Waals surface area contributed by atoms with Gasteiger partial charge in [0.15, 0.2) is 5.11 Å². The monoisotopic (exact) mass is 596 g/mol. The smallest absolute Gasteiger partial charge is 0.174 e. The van der Waals surface area contributed by atoms with Crippen LogP contribution in [0.1, 0.15) is 43.3 Å². The number of hydrogen-bond donors (Lipinski definition) is 1. The number of furan rings is 1. The third-order valence-corrected chi connectivity index (χ3v) is 8.71. The lowest BCUT2D eigenvalue weighted by atomic mass is 9.98. The van der Waals surface area contributed by atoms with Crippen LogP contribution in [0.15, 0.2) is 77.3 Å². The highest BCUT2D eigenvalue weighted by atomic mass is 35.5. The molecule has 0 bridgehead atoms. The van der Waals surface area contributed by atoms with Crippen molar-refractivity contribution >= 4 is 63.5 Å². The van der Waals surface area contributed by atoms with Crippen LogP contribution in [0.4, 0.5) is 11.4 Å². The van der Waals surface area contributed by atoms with E-state index in [2.05, 4.69) is 39.2 Å². The van der Waals surface area contributed by atoms with Gasteiger partial charge in [0.05, 0.1) is 27.5 Å². The number of hydrogen-bond acceptors (Lipinski definition) is 4. The minimum Gasteiger partial charge on any atom is -0.459 e. The number of anilines is 2. The van der Waals surface area contributed by atoms with E-state index in [1.807, 2.05) is 42.5 Å². The molecule has 5 nitrogen and oxygen atoms in total. The number of aromatic nitrogens is 1. The van der Waals surface area contributed by atoms with Crippen LogP contribution < -0.4 is 15.1 Å². The van der Waals surface area contributed by atoms with Crippen LogP contribution in [0.25, 0.3) is 11.3 Å². The van der Waals surface area contributed by atoms with Crippen LogP contribution in [-0.4, -0.2) is 23.2 Å². The summed E-state index contributed by atoms with van der Waals surface area (Å²) in [6.07, 6.45) is 4.13. The van der Waals surface area contributed by atoms with E-state index in [9.17, 15) is 0 Å². The molecule has 9 heteroatoms. The van der Waals surface area contributed by atoms with E-state index in [1.54, 1.807) is 18.3 Å². The Kier molecular flexibility index (Phi) is 7.47. The molecule has 0 unspecified atom stereocenters. The molecule has 2 aliphatic rings. The molecule has 0 radical (unpaired) electrons. The molecule has 4 heterocycles. The summed E-state index contributed by atoms with van der Waals surface area (Å²) in [5, 5.41) is 5.85. The maximum absolute atomic E-state index is 6.89. The van der Waals surface area contributed by atoms with Gasteiger partial charge in [-0.05, 0) is 91.6 Å². The molecule has 2 fully saturated rings. The van der Waals surface area contributed by atoms with E-state index in [0.717, 1.165) is 47.4 Å². The Morgan fingerprint density at radius 3 is 2.49 bits per heavy atom. The standard InChI is InChI=1S/C30H27Cl3N4OS/c1-18-11-14-36(15-12-18)25-8-6-20(17-23(25)33)37-29(28(35-30(37)39)24-4-2-3-13-34-24)27-10-9-26(38-27)21-7-5-19(31)16-22(21)32/h2-10,13,16-18,28-29H,11-12,14-15H2,1H3,(H,35,39)/t28-,29+/m0/s1. The summed E-state index contributed by atoms with van der Waals surface area (Å²) in [7, 11) is 0. The number of piperidine rings is 1. The molecule has 1 N–H and O–H groups in total. The molecule has 200 valence electrons. The van der Waals surface area contributed by atoms with Gasteiger partial charge in [0, 0.05) is 35.6 Å². The van der Waals surface area contributed by atoms with Crippen molar-refractivity contribution < 1.29 is 4.42 Å². The van der Waals surface area contributed by atoms with E-state index in [-0.39, 0.29) is 12.1 Å². The lowest BCUT2D eigenvalue weighted by Crippen LogP contribution is -2.33. The number of halogens is 3. The lowest BCUT2D eigenvalue weighted by Gasteiger charge is -2.33. The first-order valence-corrected chi connectivity index (χ1v) is 14.5. The molecule has 2 aromatic heterocycles. The zero-order valence-electron chi connectivity index (χ0n) is 21.3. The van der Waals surface area contributed by atoms with E-state index in [0.29, 0.717) is 25.9 Å². The average molecular weight is 598 g/mol. The van der Waals surface area contributed by atoms with Gasteiger partial charge >= 0.3 is 0 Å². The minimum absolute atomic E-state index is 0.236. The summed E-state index contributed by atoms with van der Waals surface area (Å²) >= 11 is 25.4. The van der Waals surface area contributed by atoms with Crippen molar-refractivity contribution in [2.45, 2.75) is 31.8 Å². The molecule has 4 aromatic rings. The molecular formula is C30H27Cl3N4OS. The summed E-state index contributed by atoms with van der Waals surface area (Å²) in [6, 6.07) is 20.8. The second kappa shape index (κ2) is 11.0. The third-order valence-electron chi connectivity index (χ3n) is 7.55. The van der Waals surface area contributed by atoms with E-state index in [4.69, 9.17) is 51.4 Å². The van der Waals surface area contributed by atoms with Crippen LogP contribution in [0.2, 0.25) is 15.1 Å². The first kappa shape index (κ1) is 26.5. The number of pyridine rings is 1. The maximum Gasteiger partial charge on any atom is 0.174 e. The van der Waals surface area contributed by atoms with Gasteiger partial charge < -0.3 is 19.5 Å². The Labute approximate surface area is 248 Å². The lowest BCUT2D eigenvalue weighted by molar-refractivity contribution is 0.438. The van der Waals surface area contributed by atoms with E-state index in [1.165, 1.54) is 12.8 Å². The highest BCUT2D eigenvalue weighted by Crippen LogP contribution is 2.45. The van der Waals surface area contributed by atoms with Crippen molar-refractivity contribution in [2.75, 3.05) is 22.9 Å². The molecule has 0 amide bonds. The predicted octanol–water partition coefficient (Wildman–Crippen LogP) is 8.72. The molecule has 0 aliphatic carbocycles. The molecule has 2 aromatic carbocycles. The molecule has 2 aliphatic heterocycles. The van der Waals surface area contributed by atoms with Crippen molar-refractivity contribution in [3.63, 3.8) is 0 Å². The fraction of sp³-hybridized carbons (Fsp3) is 0.267. The number of nitrogens with one attached hydrogen (secondary N) is 1. The van der Waals surface area contributed by atoms with Crippen LogP contribution in [0.5, 0.6) is 0 Å². The normalized spacial score (nSPS) is 19.9. The quantitative estimate of drug-likeness (QED) is 0.232. The second-order valence-corrected chi connectivity index (χ2v) is 11.8. The Morgan fingerprint density at radius 1 is 0.949 bits per heavy atom. The van der Waals surface area contributed by atoms with Crippen molar-refractivity contribution in [1.82, 2.24) is 10.3 Å². The Hall–Kier alpha value is -2.77. The molecule has 2 atom stereocenters. The van der Waals surface area contributed by atoms with E-state index >= 15 is 0 Å². The maximum atomic E-state index is 6.89. The summed E-state index contributed by atoms with van der Waals surface area (Å²) in [5.41, 5.74) is 3.57. The van der Waals surface area contributed by atoms with Crippen molar-refractivity contribution in [3.05, 3.63) is 99.4 Å². The molecule has 2 saturated heterocycles. The SMILES string of the molecule is CC1CCN(c2ccc(N3C(=S)N[C@@H](c4ccccn4)[C@H]3c3ccc(-c4ccc(Cl)cc4Cl)o3)cc2Cl)CC1. The van der Waals surface area contributed by atoms with Gasteiger partial charge in [0.2, 0.25) is 0 Å². The summed E-state index contributed by atoms with van der Waals surface area (Å²) in [6.45, 7) is 4.33. The highest BCUT2D eigenvalue weighted by Gasteiger charge is 2.43. The van der Waals surface area contributed by atoms with Crippen LogP contribution in [0.3, 0.4) is 0 Å². The zero-order chi connectivity index (χ0) is 27.1. The van der Waals surface area contributed by atoms with Gasteiger partial charge in [-0.25, -0.2) is 0 Å². The third kappa shape index (κ3) is 5.23. The average Bonchev–Trinajstić information content (AvgIpc) is 3.54. The van der Waals surface area contributed by atoms with Crippen molar-refractivity contribution in [1.29, 1.82) is 0 Å². The number of benzene rings is 2. The van der Waals surface area contributed by atoms with Crippen molar-refractivity contribution in [3.8, 4) is 11.3 Å². The number of rotatable bonds is 5. The Morgan fingerprint density at radius 2 is 1.77 bits per heavy atom. The van der Waals surface area contributed by atoms with Gasteiger partial charge in [-0.1, -0.05) is 47.8 Å². The predicted molar refractivity (Wildman–Crippen MR) is 164 cm³/mol. The fourth-order valence-electron chi connectivity index (χ4n) is 5.42. The zero-order valence-corrected chi connectivity index (χ0v) is 24.4. The van der Waals surface area contributed by atoms with Gasteiger partial charge in [-0.2, -0.15) is 0 Å². The van der Waals surface area contributed by atoms with Crippen LogP contribution in [0, 0.1) is 5.92 Å². The Bertz CT molecular complexity index is 1500. The van der Waals surface area contributed by atoms with Gasteiger partial charge in [0.1, 0.15) is 17.6 Å². The molecule has 39 heavy (non-hydrogen) atoms. The largest absolute Gasteiger partial charge is 0.459 e. The van der Waals surface area contributed by atoms with E-state index < -0.39 is 0 Å². The first-order valence-electron chi connectivity index (χ1n) is 13.0.